The summed E-state index contributed by atoms with van der Waals surface area (Å²) >= 11 is 0. The summed E-state index contributed by atoms with van der Waals surface area (Å²) in [6, 6.07) is 7.45. The van der Waals surface area contributed by atoms with E-state index in [0.29, 0.717) is 19.6 Å². The molecule has 20 heavy (non-hydrogen) atoms. The summed E-state index contributed by atoms with van der Waals surface area (Å²) in [6.45, 7) is 4.86. The summed E-state index contributed by atoms with van der Waals surface area (Å²) in [4.78, 5) is 13.3. The van der Waals surface area contributed by atoms with Gasteiger partial charge in [-0.2, -0.15) is 0 Å². The van der Waals surface area contributed by atoms with Crippen molar-refractivity contribution in [2.24, 2.45) is 0 Å². The van der Waals surface area contributed by atoms with Gasteiger partial charge in [-0.3, -0.25) is 0 Å². The average Bonchev–Trinajstić information content (AvgIpc) is 2.47. The van der Waals surface area contributed by atoms with Crippen LogP contribution in [0.2, 0.25) is 0 Å². The molecule has 1 aromatic carbocycles. The van der Waals surface area contributed by atoms with E-state index < -0.39 is 0 Å². The highest BCUT2D eigenvalue weighted by Crippen LogP contribution is 2.17. The molecular formula is C15H24N2O3. The van der Waals surface area contributed by atoms with Gasteiger partial charge in [-0.15, -0.1) is 0 Å². The van der Waals surface area contributed by atoms with Crippen molar-refractivity contribution in [1.82, 2.24) is 10.2 Å². The number of nitrogens with zero attached hydrogens (tertiary/aromatic N) is 1. The molecule has 0 saturated carbocycles. The Morgan fingerprint density at radius 1 is 1.45 bits per heavy atom. The van der Waals surface area contributed by atoms with E-state index in [4.69, 9.17) is 9.84 Å². The summed E-state index contributed by atoms with van der Waals surface area (Å²) in [7, 11) is 1.67. The quantitative estimate of drug-likeness (QED) is 0.798. The monoisotopic (exact) mass is 280 g/mol. The zero-order chi connectivity index (χ0) is 15.0. The van der Waals surface area contributed by atoms with E-state index in [2.05, 4.69) is 5.32 Å². The third-order valence-electron chi connectivity index (χ3n) is 3.19. The lowest BCUT2D eigenvalue weighted by molar-refractivity contribution is 0.157. The molecule has 0 aliphatic rings. The van der Waals surface area contributed by atoms with Gasteiger partial charge in [0.05, 0.1) is 19.3 Å². The number of hydrogen-bond donors (Lipinski definition) is 2. The third-order valence-corrected chi connectivity index (χ3v) is 3.19. The van der Waals surface area contributed by atoms with Crippen LogP contribution in [0.5, 0.6) is 5.75 Å². The molecule has 1 rings (SSSR count). The fourth-order valence-corrected chi connectivity index (χ4v) is 1.76. The van der Waals surface area contributed by atoms with Crippen LogP contribution < -0.4 is 10.1 Å². The van der Waals surface area contributed by atoms with Crippen molar-refractivity contribution in [3.05, 3.63) is 29.8 Å². The Bertz CT molecular complexity index is 423. The first kappa shape index (κ1) is 16.3. The summed E-state index contributed by atoms with van der Waals surface area (Å²) in [5, 5.41) is 11.9. The minimum atomic E-state index is -0.189. The van der Waals surface area contributed by atoms with Crippen LogP contribution in [0.1, 0.15) is 19.4 Å². The van der Waals surface area contributed by atoms with Gasteiger partial charge in [0.25, 0.3) is 0 Å². The van der Waals surface area contributed by atoms with E-state index in [1.165, 1.54) is 4.90 Å². The van der Waals surface area contributed by atoms with Crippen LogP contribution in [0, 0.1) is 0 Å². The van der Waals surface area contributed by atoms with Crippen LogP contribution >= 0.6 is 0 Å². The standard InChI is InChI=1S/C15H24N2O3/c1-4-20-14-8-6-5-7-13(14)9-10-16-15(19)17(3)12(2)11-18/h5-8,12,18H,4,9-11H2,1-3H3,(H,16,19). The molecule has 1 aromatic rings. The Labute approximate surface area is 120 Å². The zero-order valence-electron chi connectivity index (χ0n) is 12.4. The van der Waals surface area contributed by atoms with Crippen LogP contribution in [0.4, 0.5) is 4.79 Å². The van der Waals surface area contributed by atoms with E-state index in [1.54, 1.807) is 14.0 Å². The molecule has 2 amide bonds. The van der Waals surface area contributed by atoms with Crippen LogP contribution in [-0.4, -0.2) is 48.9 Å². The predicted octanol–water partition coefficient (Wildman–Crippen LogP) is 1.65. The van der Waals surface area contributed by atoms with Gasteiger partial charge < -0.3 is 20.1 Å². The van der Waals surface area contributed by atoms with Crippen molar-refractivity contribution >= 4 is 6.03 Å². The lowest BCUT2D eigenvalue weighted by Crippen LogP contribution is -2.44. The number of rotatable bonds is 7. The molecular weight excluding hydrogens is 256 g/mol. The van der Waals surface area contributed by atoms with Crippen LogP contribution in [0.25, 0.3) is 0 Å². The molecule has 0 radical (unpaired) electrons. The Hall–Kier alpha value is -1.75. The lowest BCUT2D eigenvalue weighted by Gasteiger charge is -2.23. The van der Waals surface area contributed by atoms with E-state index in [-0.39, 0.29) is 18.7 Å². The van der Waals surface area contributed by atoms with Gasteiger partial charge in [0.1, 0.15) is 5.75 Å². The predicted molar refractivity (Wildman–Crippen MR) is 79.0 cm³/mol. The van der Waals surface area contributed by atoms with Gasteiger partial charge in [-0.1, -0.05) is 18.2 Å². The normalized spacial score (nSPS) is 11.8. The van der Waals surface area contributed by atoms with Crippen molar-refractivity contribution in [2.75, 3.05) is 26.8 Å². The number of benzene rings is 1. The maximum Gasteiger partial charge on any atom is 0.317 e. The summed E-state index contributed by atoms with van der Waals surface area (Å²) in [6.07, 6.45) is 0.712. The summed E-state index contributed by atoms with van der Waals surface area (Å²) < 4.78 is 5.54. The molecule has 0 spiro atoms. The highest BCUT2D eigenvalue weighted by Gasteiger charge is 2.14. The third kappa shape index (κ3) is 4.74. The first-order valence-electron chi connectivity index (χ1n) is 6.92. The molecule has 1 atom stereocenters. The largest absolute Gasteiger partial charge is 0.494 e. The fraction of sp³-hybridized carbons (Fsp3) is 0.533. The minimum Gasteiger partial charge on any atom is -0.494 e. The van der Waals surface area contributed by atoms with Crippen molar-refractivity contribution in [2.45, 2.75) is 26.3 Å². The van der Waals surface area contributed by atoms with Crippen LogP contribution in [0.3, 0.4) is 0 Å². The molecule has 0 bridgehead atoms. The topological polar surface area (TPSA) is 61.8 Å². The van der Waals surface area contributed by atoms with Crippen molar-refractivity contribution < 1.29 is 14.6 Å². The molecule has 0 aromatic heterocycles. The summed E-state index contributed by atoms with van der Waals surface area (Å²) in [5.41, 5.74) is 1.08. The highest BCUT2D eigenvalue weighted by molar-refractivity contribution is 5.74. The molecule has 112 valence electrons. The van der Waals surface area contributed by atoms with Gasteiger partial charge in [0.15, 0.2) is 0 Å². The molecule has 0 saturated heterocycles. The lowest BCUT2D eigenvalue weighted by atomic mass is 10.1. The number of ether oxygens (including phenoxy) is 1. The number of hydrogen-bond acceptors (Lipinski definition) is 3. The molecule has 5 heteroatoms. The number of amides is 2. The maximum absolute atomic E-state index is 11.8. The van der Waals surface area contributed by atoms with Gasteiger partial charge in [0.2, 0.25) is 0 Å². The van der Waals surface area contributed by atoms with Crippen molar-refractivity contribution in [3.63, 3.8) is 0 Å². The van der Waals surface area contributed by atoms with E-state index in [1.807, 2.05) is 31.2 Å². The highest BCUT2D eigenvalue weighted by atomic mass is 16.5. The molecule has 1 unspecified atom stereocenters. The minimum absolute atomic E-state index is 0.0446. The zero-order valence-corrected chi connectivity index (χ0v) is 12.4. The van der Waals surface area contributed by atoms with Crippen LogP contribution in [0.15, 0.2) is 24.3 Å². The molecule has 0 aliphatic carbocycles. The molecule has 2 N–H and O–H groups in total. The van der Waals surface area contributed by atoms with Gasteiger partial charge in [0, 0.05) is 13.6 Å². The smallest absolute Gasteiger partial charge is 0.317 e. The Kier molecular flexibility index (Phi) is 6.87. The Morgan fingerprint density at radius 3 is 2.80 bits per heavy atom. The first-order valence-corrected chi connectivity index (χ1v) is 6.92. The number of urea groups is 1. The Balaban J connectivity index is 2.46. The second-order valence-electron chi connectivity index (χ2n) is 4.67. The molecule has 5 nitrogen and oxygen atoms in total. The number of likely N-dealkylation sites (N-methyl/N-ethyl adjacent to an activating group) is 1. The van der Waals surface area contributed by atoms with Crippen molar-refractivity contribution in [3.8, 4) is 5.75 Å². The SMILES string of the molecule is CCOc1ccccc1CCNC(=O)N(C)C(C)CO. The van der Waals surface area contributed by atoms with Crippen molar-refractivity contribution in [1.29, 1.82) is 0 Å². The number of para-hydroxylation sites is 1. The summed E-state index contributed by atoms with van der Waals surface area (Å²) in [5.74, 6) is 0.862. The van der Waals surface area contributed by atoms with Gasteiger partial charge in [-0.05, 0) is 31.9 Å². The number of aliphatic hydroxyl groups is 1. The maximum atomic E-state index is 11.8. The fourth-order valence-electron chi connectivity index (χ4n) is 1.76. The molecule has 0 heterocycles. The van der Waals surface area contributed by atoms with E-state index >= 15 is 0 Å². The second kappa shape index (κ2) is 8.43. The number of carbonyl (C=O) groups is 1. The number of carbonyl (C=O) groups excluding carboxylic acids is 1. The molecule has 0 fully saturated rings. The van der Waals surface area contributed by atoms with E-state index in [0.717, 1.165) is 11.3 Å². The van der Waals surface area contributed by atoms with Gasteiger partial charge in [-0.25, -0.2) is 4.79 Å². The number of nitrogens with one attached hydrogen (secondary N) is 1. The second-order valence-corrected chi connectivity index (χ2v) is 4.67. The van der Waals surface area contributed by atoms with E-state index in [9.17, 15) is 4.79 Å². The number of aliphatic hydroxyl groups excluding tert-OH is 1. The van der Waals surface area contributed by atoms with Gasteiger partial charge >= 0.3 is 6.03 Å². The first-order chi connectivity index (χ1) is 9.60. The Morgan fingerprint density at radius 2 is 2.15 bits per heavy atom. The molecule has 0 aliphatic heterocycles. The van der Waals surface area contributed by atoms with Crippen LogP contribution in [-0.2, 0) is 6.42 Å². The average molecular weight is 280 g/mol.